The number of aromatic amines is 1. The number of tetrazole rings is 1. The number of ether oxygens (including phenoxy) is 1. The molecule has 0 aliphatic heterocycles. The molecule has 3 rings (SSSR count). The number of amides is 1. The number of anilines is 1. The molecule has 0 unspecified atom stereocenters. The van der Waals surface area contributed by atoms with Crippen molar-refractivity contribution in [3.05, 3.63) is 54.6 Å². The summed E-state index contributed by atoms with van der Waals surface area (Å²) >= 11 is 0. The van der Waals surface area contributed by atoms with Crippen LogP contribution < -0.4 is 10.1 Å². The van der Waals surface area contributed by atoms with Gasteiger partial charge in [-0.3, -0.25) is 5.32 Å². The number of H-pyrrole nitrogens is 1. The summed E-state index contributed by atoms with van der Waals surface area (Å²) in [4.78, 5) is 11.8. The van der Waals surface area contributed by atoms with Crippen LogP contribution in [0.4, 0.5) is 10.5 Å². The number of hydrogen-bond donors (Lipinski definition) is 2. The van der Waals surface area contributed by atoms with Crippen LogP contribution in [0.5, 0.6) is 5.75 Å². The zero-order valence-corrected chi connectivity index (χ0v) is 10.9. The van der Waals surface area contributed by atoms with Crippen LogP contribution in [0.1, 0.15) is 0 Å². The summed E-state index contributed by atoms with van der Waals surface area (Å²) in [6.07, 6.45) is -0.563. The van der Waals surface area contributed by atoms with Gasteiger partial charge in [0.15, 0.2) is 0 Å². The van der Waals surface area contributed by atoms with Gasteiger partial charge in [0.1, 0.15) is 5.75 Å². The van der Waals surface area contributed by atoms with Crippen molar-refractivity contribution in [3.8, 4) is 17.1 Å². The summed E-state index contributed by atoms with van der Waals surface area (Å²) in [7, 11) is 0. The summed E-state index contributed by atoms with van der Waals surface area (Å²) < 4.78 is 5.15. The van der Waals surface area contributed by atoms with Crippen LogP contribution in [0.15, 0.2) is 54.6 Å². The van der Waals surface area contributed by atoms with Crippen LogP contribution in [0, 0.1) is 0 Å². The normalized spacial score (nSPS) is 10.1. The van der Waals surface area contributed by atoms with E-state index >= 15 is 0 Å². The Balaban J connectivity index is 1.70. The Hall–Kier alpha value is -3.22. The summed E-state index contributed by atoms with van der Waals surface area (Å²) in [6.45, 7) is 0. The van der Waals surface area contributed by atoms with E-state index in [0.717, 1.165) is 5.56 Å². The molecule has 104 valence electrons. The number of para-hydroxylation sites is 1. The third-order valence-electron chi connectivity index (χ3n) is 2.67. The van der Waals surface area contributed by atoms with E-state index in [1.54, 1.807) is 42.5 Å². The van der Waals surface area contributed by atoms with E-state index in [-0.39, 0.29) is 0 Å². The minimum atomic E-state index is -0.563. The molecule has 0 atom stereocenters. The van der Waals surface area contributed by atoms with Crippen LogP contribution in [-0.2, 0) is 0 Å². The molecular formula is C14H11N5O2. The Labute approximate surface area is 120 Å². The standard InChI is InChI=1S/C14H11N5O2/c20-14(21-12-7-2-1-3-8-12)15-11-6-4-5-10(9-11)13-16-18-19-17-13/h1-9H,(H,15,20)(H,16,17,18,19). The van der Waals surface area contributed by atoms with E-state index in [1.165, 1.54) is 0 Å². The Morgan fingerprint density at radius 2 is 1.95 bits per heavy atom. The molecule has 0 aliphatic carbocycles. The molecule has 0 fully saturated rings. The third-order valence-corrected chi connectivity index (χ3v) is 2.67. The fourth-order valence-electron chi connectivity index (χ4n) is 1.76. The fraction of sp³-hybridized carbons (Fsp3) is 0. The van der Waals surface area contributed by atoms with Crippen molar-refractivity contribution in [2.75, 3.05) is 5.32 Å². The van der Waals surface area contributed by atoms with Gasteiger partial charge in [-0.15, -0.1) is 10.2 Å². The molecule has 0 saturated carbocycles. The summed E-state index contributed by atoms with van der Waals surface area (Å²) in [5.74, 6) is 0.930. The smallest absolute Gasteiger partial charge is 0.410 e. The van der Waals surface area contributed by atoms with E-state index in [1.807, 2.05) is 12.1 Å². The lowest BCUT2D eigenvalue weighted by molar-refractivity contribution is 0.215. The second kappa shape index (κ2) is 5.83. The molecule has 3 aromatic rings. The number of hydrogen-bond acceptors (Lipinski definition) is 5. The molecule has 1 aromatic heterocycles. The molecule has 1 amide bonds. The summed E-state index contributed by atoms with van der Waals surface area (Å²) in [5, 5.41) is 16.3. The third kappa shape index (κ3) is 3.21. The van der Waals surface area contributed by atoms with E-state index < -0.39 is 6.09 Å². The van der Waals surface area contributed by atoms with Gasteiger partial charge >= 0.3 is 6.09 Å². The zero-order chi connectivity index (χ0) is 14.5. The van der Waals surface area contributed by atoms with Gasteiger partial charge in [0.05, 0.1) is 0 Å². The van der Waals surface area contributed by atoms with Gasteiger partial charge in [0.2, 0.25) is 5.82 Å². The monoisotopic (exact) mass is 281 g/mol. The van der Waals surface area contributed by atoms with Gasteiger partial charge in [0, 0.05) is 11.3 Å². The fourth-order valence-corrected chi connectivity index (χ4v) is 1.76. The summed E-state index contributed by atoms with van der Waals surface area (Å²) in [6, 6.07) is 15.9. The SMILES string of the molecule is O=C(Nc1cccc(-c2nn[nH]n2)c1)Oc1ccccc1. The molecule has 1 heterocycles. The second-order valence-corrected chi connectivity index (χ2v) is 4.14. The maximum atomic E-state index is 11.8. The predicted molar refractivity (Wildman–Crippen MR) is 75.7 cm³/mol. The zero-order valence-electron chi connectivity index (χ0n) is 10.9. The van der Waals surface area contributed by atoms with Crippen molar-refractivity contribution >= 4 is 11.8 Å². The second-order valence-electron chi connectivity index (χ2n) is 4.14. The van der Waals surface area contributed by atoms with Gasteiger partial charge in [0.25, 0.3) is 0 Å². The van der Waals surface area contributed by atoms with Crippen molar-refractivity contribution < 1.29 is 9.53 Å². The van der Waals surface area contributed by atoms with Crippen LogP contribution >= 0.6 is 0 Å². The highest BCUT2D eigenvalue weighted by atomic mass is 16.6. The van der Waals surface area contributed by atoms with Gasteiger partial charge < -0.3 is 4.74 Å². The Bertz CT molecular complexity index is 728. The maximum absolute atomic E-state index is 11.8. The molecule has 7 heteroatoms. The van der Waals surface area contributed by atoms with Crippen molar-refractivity contribution in [1.82, 2.24) is 20.6 Å². The first kappa shape index (κ1) is 12.8. The van der Waals surface area contributed by atoms with Crippen LogP contribution in [0.3, 0.4) is 0 Å². The largest absolute Gasteiger partial charge is 0.417 e. The van der Waals surface area contributed by atoms with E-state index in [4.69, 9.17) is 4.74 Å². The first-order valence-corrected chi connectivity index (χ1v) is 6.19. The molecule has 0 aliphatic rings. The first-order valence-electron chi connectivity index (χ1n) is 6.19. The number of carbonyl (C=O) groups is 1. The molecule has 21 heavy (non-hydrogen) atoms. The van der Waals surface area contributed by atoms with E-state index in [0.29, 0.717) is 17.3 Å². The Kier molecular flexibility index (Phi) is 3.55. The highest BCUT2D eigenvalue weighted by molar-refractivity contribution is 5.87. The highest BCUT2D eigenvalue weighted by Crippen LogP contribution is 2.18. The number of nitrogens with zero attached hydrogens (tertiary/aromatic N) is 3. The lowest BCUT2D eigenvalue weighted by Gasteiger charge is -2.07. The summed E-state index contributed by atoms with van der Waals surface area (Å²) in [5.41, 5.74) is 1.32. The number of rotatable bonds is 3. The quantitative estimate of drug-likeness (QED) is 0.769. The molecule has 0 spiro atoms. The first-order chi connectivity index (χ1) is 10.3. The Morgan fingerprint density at radius 1 is 1.10 bits per heavy atom. The van der Waals surface area contributed by atoms with Crippen LogP contribution in [0.2, 0.25) is 0 Å². The molecule has 0 bridgehead atoms. The average Bonchev–Trinajstić information content (AvgIpc) is 3.02. The molecule has 2 aromatic carbocycles. The Morgan fingerprint density at radius 3 is 2.71 bits per heavy atom. The topological polar surface area (TPSA) is 92.8 Å². The minimum Gasteiger partial charge on any atom is -0.410 e. The molecule has 0 saturated heterocycles. The van der Waals surface area contributed by atoms with Crippen molar-refractivity contribution in [2.24, 2.45) is 0 Å². The maximum Gasteiger partial charge on any atom is 0.417 e. The van der Waals surface area contributed by atoms with E-state index in [9.17, 15) is 4.79 Å². The number of aromatic nitrogens is 4. The van der Waals surface area contributed by atoms with Crippen molar-refractivity contribution in [1.29, 1.82) is 0 Å². The lowest BCUT2D eigenvalue weighted by Crippen LogP contribution is -2.16. The number of nitrogens with one attached hydrogen (secondary N) is 2. The van der Waals surface area contributed by atoms with Gasteiger partial charge in [-0.25, -0.2) is 4.79 Å². The van der Waals surface area contributed by atoms with Gasteiger partial charge in [-0.2, -0.15) is 5.21 Å². The predicted octanol–water partition coefficient (Wildman–Crippen LogP) is 2.48. The number of benzene rings is 2. The van der Waals surface area contributed by atoms with Crippen LogP contribution in [-0.4, -0.2) is 26.7 Å². The minimum absolute atomic E-state index is 0.454. The number of carbonyl (C=O) groups excluding carboxylic acids is 1. The average molecular weight is 281 g/mol. The molecular weight excluding hydrogens is 270 g/mol. The molecule has 7 nitrogen and oxygen atoms in total. The van der Waals surface area contributed by atoms with Gasteiger partial charge in [-0.1, -0.05) is 30.3 Å². The van der Waals surface area contributed by atoms with Crippen molar-refractivity contribution in [3.63, 3.8) is 0 Å². The van der Waals surface area contributed by atoms with E-state index in [2.05, 4.69) is 25.9 Å². The molecule has 2 N–H and O–H groups in total. The van der Waals surface area contributed by atoms with Gasteiger partial charge in [-0.05, 0) is 29.5 Å². The lowest BCUT2D eigenvalue weighted by atomic mass is 10.2. The van der Waals surface area contributed by atoms with Crippen LogP contribution in [0.25, 0.3) is 11.4 Å². The molecule has 0 radical (unpaired) electrons. The van der Waals surface area contributed by atoms with Crippen molar-refractivity contribution in [2.45, 2.75) is 0 Å². The highest BCUT2D eigenvalue weighted by Gasteiger charge is 2.07.